The van der Waals surface area contributed by atoms with Crippen molar-refractivity contribution in [3.8, 4) is 0 Å². The van der Waals surface area contributed by atoms with Gasteiger partial charge in [0, 0.05) is 0 Å². The summed E-state index contributed by atoms with van der Waals surface area (Å²) in [6, 6.07) is 0. The molecule has 70 valence electrons. The molecule has 0 bridgehead atoms. The molecule has 0 aromatic heterocycles. The van der Waals surface area contributed by atoms with Crippen LogP contribution in [0.4, 0.5) is 0 Å². The molecule has 1 unspecified atom stereocenters. The van der Waals surface area contributed by atoms with Gasteiger partial charge in [-0.1, -0.05) is 32.1 Å². The number of hydrogen-bond acceptors (Lipinski definition) is 2. The van der Waals surface area contributed by atoms with Crippen molar-refractivity contribution in [3.05, 3.63) is 0 Å². The van der Waals surface area contributed by atoms with E-state index in [0.29, 0.717) is 5.92 Å². The predicted molar refractivity (Wildman–Crippen MR) is 51.6 cm³/mol. The number of carboxylic acid groups (broad SMARTS) is 1. The summed E-state index contributed by atoms with van der Waals surface area (Å²) >= 11 is 4.04. The lowest BCUT2D eigenvalue weighted by Crippen LogP contribution is -2.19. The van der Waals surface area contributed by atoms with Crippen LogP contribution < -0.4 is 0 Å². The lowest BCUT2D eigenvalue weighted by molar-refractivity contribution is -0.136. The summed E-state index contributed by atoms with van der Waals surface area (Å²) in [5.41, 5.74) is 0. The third-order valence-electron chi connectivity index (χ3n) is 2.57. The largest absolute Gasteiger partial charge is 0.480 e. The molecule has 3 heteroatoms. The Hall–Kier alpha value is -0.180. The average molecular weight is 188 g/mol. The van der Waals surface area contributed by atoms with Crippen LogP contribution in [0.1, 0.15) is 38.5 Å². The van der Waals surface area contributed by atoms with Gasteiger partial charge in [0.25, 0.3) is 0 Å². The average Bonchev–Trinajstić information content (AvgIpc) is 2.06. The first-order valence-corrected chi connectivity index (χ1v) is 5.12. The Morgan fingerprint density at radius 2 is 2.00 bits per heavy atom. The van der Waals surface area contributed by atoms with Crippen molar-refractivity contribution < 1.29 is 9.90 Å². The fourth-order valence-electron chi connectivity index (χ4n) is 1.84. The van der Waals surface area contributed by atoms with E-state index < -0.39 is 11.2 Å². The van der Waals surface area contributed by atoms with Crippen LogP contribution in [0.15, 0.2) is 0 Å². The maximum absolute atomic E-state index is 10.5. The molecule has 0 heterocycles. The van der Waals surface area contributed by atoms with Gasteiger partial charge in [-0.2, -0.15) is 12.6 Å². The number of carbonyl (C=O) groups is 1. The fourth-order valence-corrected chi connectivity index (χ4v) is 2.14. The molecule has 0 aromatic carbocycles. The summed E-state index contributed by atoms with van der Waals surface area (Å²) < 4.78 is 0. The molecular formula is C9H16O2S. The molecule has 0 amide bonds. The molecule has 12 heavy (non-hydrogen) atoms. The zero-order valence-electron chi connectivity index (χ0n) is 7.20. The van der Waals surface area contributed by atoms with E-state index in [1.807, 2.05) is 0 Å². The first kappa shape index (κ1) is 9.90. The Bertz CT molecular complexity index is 153. The van der Waals surface area contributed by atoms with Gasteiger partial charge < -0.3 is 5.11 Å². The van der Waals surface area contributed by atoms with Crippen molar-refractivity contribution >= 4 is 18.6 Å². The summed E-state index contributed by atoms with van der Waals surface area (Å²) in [5, 5.41) is 8.19. The number of hydrogen-bond donors (Lipinski definition) is 2. The van der Waals surface area contributed by atoms with Gasteiger partial charge in [0.2, 0.25) is 0 Å². The Morgan fingerprint density at radius 3 is 2.50 bits per heavy atom. The molecule has 0 aromatic rings. The first-order chi connectivity index (χ1) is 5.70. The van der Waals surface area contributed by atoms with Crippen LogP contribution in [-0.2, 0) is 4.79 Å². The zero-order chi connectivity index (χ0) is 8.97. The second-order valence-corrected chi connectivity index (χ2v) is 4.22. The summed E-state index contributed by atoms with van der Waals surface area (Å²) in [4.78, 5) is 10.5. The molecule has 1 saturated carbocycles. The molecule has 0 saturated heterocycles. The van der Waals surface area contributed by atoms with Crippen molar-refractivity contribution in [1.29, 1.82) is 0 Å². The molecule has 1 N–H and O–H groups in total. The molecule has 2 nitrogen and oxygen atoms in total. The van der Waals surface area contributed by atoms with E-state index in [1.54, 1.807) is 0 Å². The summed E-state index contributed by atoms with van der Waals surface area (Å²) in [7, 11) is 0. The van der Waals surface area contributed by atoms with Crippen LogP contribution >= 0.6 is 12.6 Å². The molecule has 1 aliphatic carbocycles. The topological polar surface area (TPSA) is 37.3 Å². The Morgan fingerprint density at radius 1 is 1.42 bits per heavy atom. The van der Waals surface area contributed by atoms with E-state index in [-0.39, 0.29) is 0 Å². The van der Waals surface area contributed by atoms with E-state index in [9.17, 15) is 4.79 Å². The Kier molecular flexibility index (Phi) is 3.92. The lowest BCUT2D eigenvalue weighted by atomic mass is 9.86. The molecule has 1 atom stereocenters. The summed E-state index contributed by atoms with van der Waals surface area (Å²) in [5.74, 6) is -0.166. The van der Waals surface area contributed by atoms with Gasteiger partial charge in [0.05, 0.1) is 5.25 Å². The highest BCUT2D eigenvalue weighted by Gasteiger charge is 2.20. The maximum Gasteiger partial charge on any atom is 0.316 e. The predicted octanol–water partition coefficient (Wildman–Crippen LogP) is 2.34. The highest BCUT2D eigenvalue weighted by molar-refractivity contribution is 7.81. The van der Waals surface area contributed by atoms with Crippen molar-refractivity contribution in [2.24, 2.45) is 5.92 Å². The number of rotatable bonds is 3. The van der Waals surface area contributed by atoms with Gasteiger partial charge >= 0.3 is 5.97 Å². The highest BCUT2D eigenvalue weighted by atomic mass is 32.1. The minimum atomic E-state index is -0.774. The van der Waals surface area contributed by atoms with Crippen LogP contribution in [0.2, 0.25) is 0 Å². The van der Waals surface area contributed by atoms with E-state index in [0.717, 1.165) is 6.42 Å². The van der Waals surface area contributed by atoms with Crippen molar-refractivity contribution in [1.82, 2.24) is 0 Å². The first-order valence-electron chi connectivity index (χ1n) is 4.61. The van der Waals surface area contributed by atoms with Gasteiger partial charge in [-0.25, -0.2) is 0 Å². The number of thiol groups is 1. The second kappa shape index (κ2) is 4.75. The molecule has 0 spiro atoms. The molecule has 0 aliphatic heterocycles. The summed E-state index contributed by atoms with van der Waals surface area (Å²) in [6.07, 6.45) is 7.00. The van der Waals surface area contributed by atoms with Crippen LogP contribution in [0.3, 0.4) is 0 Å². The maximum atomic E-state index is 10.5. The van der Waals surface area contributed by atoms with Crippen LogP contribution in [0.25, 0.3) is 0 Å². The minimum Gasteiger partial charge on any atom is -0.480 e. The summed E-state index contributed by atoms with van der Waals surface area (Å²) in [6.45, 7) is 0. The molecule has 1 fully saturated rings. The van der Waals surface area contributed by atoms with E-state index >= 15 is 0 Å². The third kappa shape index (κ3) is 3.05. The molecule has 1 rings (SSSR count). The second-order valence-electron chi connectivity index (χ2n) is 3.59. The Labute approximate surface area is 78.8 Å². The lowest BCUT2D eigenvalue weighted by Gasteiger charge is -2.22. The normalized spacial score (nSPS) is 22.1. The van der Waals surface area contributed by atoms with Gasteiger partial charge in [0.15, 0.2) is 0 Å². The van der Waals surface area contributed by atoms with E-state index in [2.05, 4.69) is 12.6 Å². The number of aliphatic carboxylic acids is 1. The fraction of sp³-hybridized carbons (Fsp3) is 0.889. The zero-order valence-corrected chi connectivity index (χ0v) is 8.09. The minimum absolute atomic E-state index is 0.451. The molecule has 0 radical (unpaired) electrons. The van der Waals surface area contributed by atoms with Crippen molar-refractivity contribution in [2.75, 3.05) is 0 Å². The van der Waals surface area contributed by atoms with Gasteiger partial charge in [-0.15, -0.1) is 0 Å². The third-order valence-corrected chi connectivity index (χ3v) is 3.00. The van der Waals surface area contributed by atoms with Crippen LogP contribution in [0.5, 0.6) is 0 Å². The molecular weight excluding hydrogens is 172 g/mol. The monoisotopic (exact) mass is 188 g/mol. The number of carboxylic acids is 1. The highest BCUT2D eigenvalue weighted by Crippen LogP contribution is 2.28. The van der Waals surface area contributed by atoms with E-state index in [4.69, 9.17) is 5.11 Å². The smallest absolute Gasteiger partial charge is 0.316 e. The SMILES string of the molecule is O=C(O)C(S)CC1CCCCC1. The van der Waals surface area contributed by atoms with E-state index in [1.165, 1.54) is 32.1 Å². The van der Waals surface area contributed by atoms with Crippen LogP contribution in [0, 0.1) is 5.92 Å². The van der Waals surface area contributed by atoms with Crippen molar-refractivity contribution in [3.63, 3.8) is 0 Å². The van der Waals surface area contributed by atoms with Gasteiger partial charge in [0.1, 0.15) is 0 Å². The quantitative estimate of drug-likeness (QED) is 0.667. The standard InChI is InChI=1S/C9H16O2S/c10-9(11)8(12)6-7-4-2-1-3-5-7/h7-8,12H,1-6H2,(H,10,11). The van der Waals surface area contributed by atoms with Crippen LogP contribution in [-0.4, -0.2) is 16.3 Å². The Balaban J connectivity index is 2.24. The van der Waals surface area contributed by atoms with Gasteiger partial charge in [-0.3, -0.25) is 4.79 Å². The van der Waals surface area contributed by atoms with Gasteiger partial charge in [-0.05, 0) is 12.3 Å². The van der Waals surface area contributed by atoms with Crippen molar-refractivity contribution in [2.45, 2.75) is 43.8 Å². The molecule has 1 aliphatic rings.